The number of benzene rings is 1. The number of nitrogens with two attached hydrogens (primary N) is 1. The molecule has 9 nitrogen and oxygen atoms in total. The summed E-state index contributed by atoms with van der Waals surface area (Å²) < 4.78 is 9.99. The van der Waals surface area contributed by atoms with Gasteiger partial charge in [0.05, 0.1) is 6.04 Å². The van der Waals surface area contributed by atoms with E-state index in [1.165, 1.54) is 32.0 Å². The summed E-state index contributed by atoms with van der Waals surface area (Å²) in [5, 5.41) is 11.8. The molecular weight excluding hydrogens is 368 g/mol. The Kier molecular flexibility index (Phi) is 8.59. The smallest absolute Gasteiger partial charge is 0.326 e. The first-order valence-corrected chi connectivity index (χ1v) is 8.78. The zero-order valence-corrected chi connectivity index (χ0v) is 16.4. The molecule has 1 aromatic carbocycles. The van der Waals surface area contributed by atoms with Crippen LogP contribution < -0.4 is 20.5 Å². The SMILES string of the molecule is CC(=O)Oc1ccc(C[C@H](NC(=O)[C@@H](N)CC(C)C)C(=O)O)cc1OC(C)=O. The Morgan fingerprint density at radius 3 is 2.14 bits per heavy atom. The molecule has 0 aliphatic carbocycles. The van der Waals surface area contributed by atoms with Crippen LogP contribution in [0.3, 0.4) is 0 Å². The quantitative estimate of drug-likeness (QED) is 0.416. The van der Waals surface area contributed by atoms with Gasteiger partial charge in [-0.1, -0.05) is 19.9 Å². The fraction of sp³-hybridized carbons (Fsp3) is 0.474. The summed E-state index contributed by atoms with van der Waals surface area (Å²) in [5.41, 5.74) is 6.25. The minimum atomic E-state index is -1.23. The third-order valence-corrected chi connectivity index (χ3v) is 3.63. The number of carbonyl (C=O) groups is 4. The van der Waals surface area contributed by atoms with Crippen LogP contribution in [0.2, 0.25) is 0 Å². The molecule has 0 aromatic heterocycles. The van der Waals surface area contributed by atoms with Crippen LogP contribution >= 0.6 is 0 Å². The van der Waals surface area contributed by atoms with Crippen molar-refractivity contribution in [2.24, 2.45) is 11.7 Å². The molecule has 1 aromatic rings. The van der Waals surface area contributed by atoms with E-state index in [4.69, 9.17) is 15.2 Å². The molecule has 0 saturated carbocycles. The molecule has 0 unspecified atom stereocenters. The van der Waals surface area contributed by atoms with Crippen LogP contribution in [0.15, 0.2) is 18.2 Å². The summed E-state index contributed by atoms with van der Waals surface area (Å²) >= 11 is 0. The molecule has 0 spiro atoms. The van der Waals surface area contributed by atoms with E-state index in [0.717, 1.165) is 0 Å². The van der Waals surface area contributed by atoms with Crippen molar-refractivity contribution in [3.63, 3.8) is 0 Å². The minimum absolute atomic E-state index is 0.0211. The average molecular weight is 394 g/mol. The summed E-state index contributed by atoms with van der Waals surface area (Å²) in [6.45, 7) is 6.19. The maximum Gasteiger partial charge on any atom is 0.326 e. The lowest BCUT2D eigenvalue weighted by atomic mass is 10.0. The van der Waals surface area contributed by atoms with Gasteiger partial charge in [0.15, 0.2) is 11.5 Å². The van der Waals surface area contributed by atoms with Gasteiger partial charge in [0.2, 0.25) is 5.91 Å². The monoisotopic (exact) mass is 394 g/mol. The number of nitrogens with one attached hydrogen (secondary N) is 1. The van der Waals surface area contributed by atoms with Gasteiger partial charge in [-0.25, -0.2) is 4.79 Å². The third kappa shape index (κ3) is 7.75. The number of hydrogen-bond acceptors (Lipinski definition) is 7. The van der Waals surface area contributed by atoms with Crippen LogP contribution in [0.5, 0.6) is 11.5 Å². The van der Waals surface area contributed by atoms with E-state index in [-0.39, 0.29) is 23.8 Å². The molecule has 0 saturated heterocycles. The topological polar surface area (TPSA) is 145 Å². The van der Waals surface area contributed by atoms with Crippen molar-refractivity contribution in [2.45, 2.75) is 52.6 Å². The standard InChI is InChI=1S/C19H26N2O7/c1-10(2)7-14(20)18(24)21-15(19(25)26)8-13-5-6-16(27-11(3)22)17(9-13)28-12(4)23/h5-6,9-10,14-15H,7-8,20H2,1-4H3,(H,21,24)(H,25,26)/t14-,15-/m0/s1. The summed E-state index contributed by atoms with van der Waals surface area (Å²) in [6, 6.07) is 2.25. The molecule has 0 fully saturated rings. The Bertz CT molecular complexity index is 746. The Morgan fingerprint density at radius 1 is 1.07 bits per heavy atom. The van der Waals surface area contributed by atoms with Crippen molar-refractivity contribution in [3.05, 3.63) is 23.8 Å². The highest BCUT2D eigenvalue weighted by molar-refractivity contribution is 5.87. The Labute approximate surface area is 163 Å². The molecule has 0 heterocycles. The fourth-order valence-corrected chi connectivity index (χ4v) is 2.48. The molecule has 0 radical (unpaired) electrons. The number of esters is 2. The largest absolute Gasteiger partial charge is 0.480 e. The molecular formula is C19H26N2O7. The molecule has 2 atom stereocenters. The van der Waals surface area contributed by atoms with Crippen molar-refractivity contribution in [3.8, 4) is 11.5 Å². The highest BCUT2D eigenvalue weighted by Crippen LogP contribution is 2.29. The summed E-state index contributed by atoms with van der Waals surface area (Å²) in [4.78, 5) is 46.1. The van der Waals surface area contributed by atoms with Crippen molar-refractivity contribution in [1.29, 1.82) is 0 Å². The number of rotatable bonds is 9. The molecule has 28 heavy (non-hydrogen) atoms. The zero-order valence-electron chi connectivity index (χ0n) is 16.4. The lowest BCUT2D eigenvalue weighted by Gasteiger charge is -2.19. The van der Waals surface area contributed by atoms with Gasteiger partial charge in [-0.3, -0.25) is 14.4 Å². The molecule has 154 valence electrons. The number of carbonyl (C=O) groups excluding carboxylic acids is 3. The Hall–Kier alpha value is -2.94. The maximum atomic E-state index is 12.1. The number of ether oxygens (including phenoxy) is 2. The van der Waals surface area contributed by atoms with E-state index >= 15 is 0 Å². The van der Waals surface area contributed by atoms with Gasteiger partial charge in [-0.05, 0) is 30.0 Å². The Balaban J connectivity index is 3.00. The summed E-state index contributed by atoms with van der Waals surface area (Å²) in [6.07, 6.45) is 0.343. The normalized spacial score (nSPS) is 12.8. The van der Waals surface area contributed by atoms with Gasteiger partial charge >= 0.3 is 17.9 Å². The van der Waals surface area contributed by atoms with E-state index < -0.39 is 35.9 Å². The van der Waals surface area contributed by atoms with Crippen LogP contribution in [0, 0.1) is 5.92 Å². The molecule has 4 N–H and O–H groups in total. The second kappa shape index (κ2) is 10.4. The number of carboxylic acids is 1. The lowest BCUT2D eigenvalue weighted by molar-refractivity contribution is -0.142. The fourth-order valence-electron chi connectivity index (χ4n) is 2.48. The molecule has 0 aliphatic heterocycles. The number of aliphatic carboxylic acids is 1. The second-order valence-corrected chi connectivity index (χ2v) is 6.81. The average Bonchev–Trinajstić information content (AvgIpc) is 2.54. The van der Waals surface area contributed by atoms with E-state index in [1.807, 2.05) is 13.8 Å². The number of amides is 1. The van der Waals surface area contributed by atoms with Gasteiger partial charge in [-0.15, -0.1) is 0 Å². The summed E-state index contributed by atoms with van der Waals surface area (Å²) in [7, 11) is 0. The predicted octanol–water partition coefficient (Wildman–Crippen LogP) is 1.02. The first kappa shape index (κ1) is 23.1. The number of hydrogen-bond donors (Lipinski definition) is 3. The molecule has 1 amide bonds. The van der Waals surface area contributed by atoms with Gasteiger partial charge in [0.25, 0.3) is 0 Å². The van der Waals surface area contributed by atoms with Gasteiger partial charge in [0, 0.05) is 20.3 Å². The van der Waals surface area contributed by atoms with E-state index in [0.29, 0.717) is 12.0 Å². The Morgan fingerprint density at radius 2 is 1.64 bits per heavy atom. The third-order valence-electron chi connectivity index (χ3n) is 3.63. The van der Waals surface area contributed by atoms with Crippen molar-refractivity contribution in [1.82, 2.24) is 5.32 Å². The minimum Gasteiger partial charge on any atom is -0.480 e. The van der Waals surface area contributed by atoms with Crippen LogP contribution in [0.25, 0.3) is 0 Å². The van der Waals surface area contributed by atoms with Crippen molar-refractivity contribution >= 4 is 23.8 Å². The molecule has 1 rings (SSSR count). The molecule has 0 bridgehead atoms. The first-order valence-electron chi connectivity index (χ1n) is 8.78. The second-order valence-electron chi connectivity index (χ2n) is 6.81. The van der Waals surface area contributed by atoms with Crippen LogP contribution in [0.4, 0.5) is 0 Å². The van der Waals surface area contributed by atoms with Gasteiger partial charge < -0.3 is 25.6 Å². The van der Waals surface area contributed by atoms with Gasteiger partial charge in [0.1, 0.15) is 6.04 Å². The molecule has 0 aliphatic rings. The van der Waals surface area contributed by atoms with Crippen molar-refractivity contribution in [2.75, 3.05) is 0 Å². The zero-order chi connectivity index (χ0) is 21.4. The van der Waals surface area contributed by atoms with Crippen LogP contribution in [0.1, 0.15) is 39.7 Å². The molecule has 9 heteroatoms. The highest BCUT2D eigenvalue weighted by atomic mass is 16.6. The number of carboxylic acid groups (broad SMARTS) is 1. The highest BCUT2D eigenvalue weighted by Gasteiger charge is 2.24. The van der Waals surface area contributed by atoms with Crippen molar-refractivity contribution < 1.29 is 33.8 Å². The van der Waals surface area contributed by atoms with Gasteiger partial charge in [-0.2, -0.15) is 0 Å². The van der Waals surface area contributed by atoms with E-state index in [1.54, 1.807) is 0 Å². The maximum absolute atomic E-state index is 12.1. The van der Waals surface area contributed by atoms with Crippen LogP contribution in [-0.2, 0) is 25.6 Å². The lowest BCUT2D eigenvalue weighted by Crippen LogP contribution is -2.49. The van der Waals surface area contributed by atoms with E-state index in [2.05, 4.69) is 5.32 Å². The predicted molar refractivity (Wildman–Crippen MR) is 99.8 cm³/mol. The van der Waals surface area contributed by atoms with Crippen LogP contribution in [-0.4, -0.2) is 41.0 Å². The van der Waals surface area contributed by atoms with E-state index in [9.17, 15) is 24.3 Å². The first-order chi connectivity index (χ1) is 13.0. The summed E-state index contributed by atoms with van der Waals surface area (Å²) in [5.74, 6) is -2.83.